The highest BCUT2D eigenvalue weighted by Crippen LogP contribution is 2.36. The monoisotopic (exact) mass is 342 g/mol. The largest absolute Gasteiger partial charge is 0.490 e. The number of benzene rings is 2. The van der Waals surface area contributed by atoms with Gasteiger partial charge in [-0.3, -0.25) is 25.0 Å². The highest BCUT2D eigenvalue weighted by molar-refractivity contribution is 5.84. The van der Waals surface area contributed by atoms with Gasteiger partial charge in [-0.05, 0) is 24.3 Å². The van der Waals surface area contributed by atoms with Crippen LogP contribution in [0.25, 0.3) is 22.3 Å². The summed E-state index contributed by atoms with van der Waals surface area (Å²) in [6.07, 6.45) is 0. The number of nitrogens with zero attached hydrogens (tertiary/aromatic N) is 2. The van der Waals surface area contributed by atoms with Crippen molar-refractivity contribution in [2.75, 3.05) is 7.11 Å². The SMILES string of the molecule is COc1ccc(-c2oc3ccccc3c(=O)c2[N+](=O)[O-])cc1[N+](=O)[O-]. The molecule has 0 aliphatic carbocycles. The van der Waals surface area contributed by atoms with Gasteiger partial charge in [0, 0.05) is 11.6 Å². The van der Waals surface area contributed by atoms with Crippen molar-refractivity contribution in [1.29, 1.82) is 0 Å². The number of nitro groups is 2. The van der Waals surface area contributed by atoms with Crippen molar-refractivity contribution in [1.82, 2.24) is 0 Å². The van der Waals surface area contributed by atoms with Gasteiger partial charge < -0.3 is 9.15 Å². The third-order valence-corrected chi connectivity index (χ3v) is 3.59. The van der Waals surface area contributed by atoms with E-state index in [4.69, 9.17) is 9.15 Å². The van der Waals surface area contributed by atoms with Crippen molar-refractivity contribution >= 4 is 22.3 Å². The standard InChI is InChI=1S/C16H10N2O7/c1-24-13-7-6-9(8-11(13)17(20)21)16-14(18(22)23)15(19)10-4-2-3-5-12(10)25-16/h2-8H,1H3. The third kappa shape index (κ3) is 2.67. The molecular weight excluding hydrogens is 332 g/mol. The Balaban J connectivity index is 2.37. The summed E-state index contributed by atoms with van der Waals surface area (Å²) in [5, 5.41) is 22.6. The van der Waals surface area contributed by atoms with Crippen molar-refractivity contribution in [3.63, 3.8) is 0 Å². The van der Waals surface area contributed by atoms with Crippen molar-refractivity contribution < 1.29 is 19.0 Å². The number of methoxy groups -OCH3 is 1. The maximum absolute atomic E-state index is 12.4. The van der Waals surface area contributed by atoms with E-state index in [9.17, 15) is 25.0 Å². The fourth-order valence-electron chi connectivity index (χ4n) is 2.47. The summed E-state index contributed by atoms with van der Waals surface area (Å²) < 4.78 is 10.4. The van der Waals surface area contributed by atoms with Crippen LogP contribution in [0.2, 0.25) is 0 Å². The first kappa shape index (κ1) is 16.1. The van der Waals surface area contributed by atoms with Crippen LogP contribution in [0.3, 0.4) is 0 Å². The maximum Gasteiger partial charge on any atom is 0.359 e. The molecule has 2 aromatic carbocycles. The minimum Gasteiger partial charge on any atom is -0.490 e. The predicted molar refractivity (Wildman–Crippen MR) is 87.8 cm³/mol. The lowest BCUT2D eigenvalue weighted by Crippen LogP contribution is -2.10. The lowest BCUT2D eigenvalue weighted by Gasteiger charge is -2.06. The number of hydrogen-bond donors (Lipinski definition) is 0. The molecule has 126 valence electrons. The summed E-state index contributed by atoms with van der Waals surface area (Å²) in [5.41, 5.74) is -1.82. The molecule has 0 N–H and O–H groups in total. The predicted octanol–water partition coefficient (Wildman–Crippen LogP) is 3.29. The van der Waals surface area contributed by atoms with E-state index < -0.39 is 26.7 Å². The Morgan fingerprint density at radius 2 is 1.76 bits per heavy atom. The highest BCUT2D eigenvalue weighted by atomic mass is 16.6. The van der Waals surface area contributed by atoms with Crippen LogP contribution in [0, 0.1) is 20.2 Å². The molecule has 0 bridgehead atoms. The van der Waals surface area contributed by atoms with Gasteiger partial charge in [-0.2, -0.15) is 0 Å². The smallest absolute Gasteiger partial charge is 0.359 e. The summed E-state index contributed by atoms with van der Waals surface area (Å²) in [6, 6.07) is 9.77. The van der Waals surface area contributed by atoms with E-state index in [0.717, 1.165) is 6.07 Å². The van der Waals surface area contributed by atoms with Gasteiger partial charge in [-0.25, -0.2) is 0 Å². The molecule has 25 heavy (non-hydrogen) atoms. The summed E-state index contributed by atoms with van der Waals surface area (Å²) in [4.78, 5) is 33.5. The third-order valence-electron chi connectivity index (χ3n) is 3.59. The minimum absolute atomic E-state index is 0.0143. The van der Waals surface area contributed by atoms with Crippen LogP contribution < -0.4 is 10.2 Å². The second kappa shape index (κ2) is 6.04. The average molecular weight is 342 g/mol. The minimum atomic E-state index is -0.857. The van der Waals surface area contributed by atoms with Crippen LogP contribution in [0.5, 0.6) is 5.75 Å². The Morgan fingerprint density at radius 3 is 2.40 bits per heavy atom. The van der Waals surface area contributed by atoms with E-state index in [1.54, 1.807) is 12.1 Å². The molecule has 3 aromatic rings. The van der Waals surface area contributed by atoms with Gasteiger partial charge in [0.1, 0.15) is 5.58 Å². The van der Waals surface area contributed by atoms with E-state index in [0.29, 0.717) is 0 Å². The van der Waals surface area contributed by atoms with Crippen molar-refractivity contribution in [2.24, 2.45) is 0 Å². The fourth-order valence-corrected chi connectivity index (χ4v) is 2.47. The van der Waals surface area contributed by atoms with Crippen LogP contribution in [-0.4, -0.2) is 17.0 Å². The average Bonchev–Trinajstić information content (AvgIpc) is 2.60. The zero-order valence-electron chi connectivity index (χ0n) is 12.8. The molecule has 1 heterocycles. The molecule has 0 unspecified atom stereocenters. The molecule has 0 radical (unpaired) electrons. The molecule has 0 spiro atoms. The van der Waals surface area contributed by atoms with Crippen molar-refractivity contribution in [2.45, 2.75) is 0 Å². The lowest BCUT2D eigenvalue weighted by atomic mass is 10.1. The molecule has 0 aliphatic heterocycles. The number of rotatable bonds is 4. The van der Waals surface area contributed by atoms with Crippen LogP contribution in [-0.2, 0) is 0 Å². The Hall–Kier alpha value is -3.75. The zero-order valence-corrected chi connectivity index (χ0v) is 12.8. The van der Waals surface area contributed by atoms with E-state index in [1.165, 1.54) is 31.4 Å². The number of para-hydroxylation sites is 1. The second-order valence-corrected chi connectivity index (χ2v) is 5.01. The molecule has 9 nitrogen and oxygen atoms in total. The maximum atomic E-state index is 12.4. The Morgan fingerprint density at radius 1 is 1.04 bits per heavy atom. The second-order valence-electron chi connectivity index (χ2n) is 5.01. The molecule has 3 rings (SSSR count). The molecular formula is C16H10N2O7. The number of nitro benzene ring substituents is 1. The Kier molecular flexibility index (Phi) is 3.89. The van der Waals surface area contributed by atoms with Gasteiger partial charge in [0.25, 0.3) is 5.43 Å². The molecule has 0 aliphatic rings. The summed E-state index contributed by atoms with van der Waals surface area (Å²) in [6.45, 7) is 0. The molecule has 9 heteroatoms. The first-order chi connectivity index (χ1) is 11.9. The van der Waals surface area contributed by atoms with Crippen molar-refractivity contribution in [3.05, 3.63) is 72.9 Å². The first-order valence-electron chi connectivity index (χ1n) is 6.97. The number of hydrogen-bond acceptors (Lipinski definition) is 7. The Bertz CT molecular complexity index is 1070. The molecule has 0 saturated heterocycles. The highest BCUT2D eigenvalue weighted by Gasteiger charge is 2.27. The summed E-state index contributed by atoms with van der Waals surface area (Å²) in [7, 11) is 1.26. The molecule has 0 saturated carbocycles. The van der Waals surface area contributed by atoms with E-state index in [1.807, 2.05) is 0 Å². The van der Waals surface area contributed by atoms with Crippen LogP contribution in [0.15, 0.2) is 51.7 Å². The van der Waals surface area contributed by atoms with E-state index in [2.05, 4.69) is 0 Å². The van der Waals surface area contributed by atoms with Crippen LogP contribution >= 0.6 is 0 Å². The van der Waals surface area contributed by atoms with Gasteiger partial charge in [-0.15, -0.1) is 0 Å². The van der Waals surface area contributed by atoms with Crippen molar-refractivity contribution in [3.8, 4) is 17.1 Å². The van der Waals surface area contributed by atoms with Crippen LogP contribution in [0.4, 0.5) is 11.4 Å². The Labute approximate surface area is 139 Å². The van der Waals surface area contributed by atoms with Gasteiger partial charge in [0.2, 0.25) is 5.76 Å². The fraction of sp³-hybridized carbons (Fsp3) is 0.0625. The summed E-state index contributed by atoms with van der Waals surface area (Å²) >= 11 is 0. The number of ether oxygens (including phenoxy) is 1. The van der Waals surface area contributed by atoms with Gasteiger partial charge >= 0.3 is 11.4 Å². The molecule has 0 atom stereocenters. The molecule has 0 fully saturated rings. The lowest BCUT2D eigenvalue weighted by molar-refractivity contribution is -0.386. The quantitative estimate of drug-likeness (QED) is 0.526. The van der Waals surface area contributed by atoms with Gasteiger partial charge in [0.05, 0.1) is 22.3 Å². The zero-order chi connectivity index (χ0) is 18.1. The van der Waals surface area contributed by atoms with E-state index >= 15 is 0 Å². The summed E-state index contributed by atoms with van der Waals surface area (Å²) in [5.74, 6) is -0.362. The van der Waals surface area contributed by atoms with Gasteiger partial charge in [-0.1, -0.05) is 12.1 Å². The molecule has 0 amide bonds. The number of fused-ring (bicyclic) bond motifs is 1. The van der Waals surface area contributed by atoms with E-state index in [-0.39, 0.29) is 28.0 Å². The van der Waals surface area contributed by atoms with Gasteiger partial charge in [0.15, 0.2) is 5.75 Å². The van der Waals surface area contributed by atoms with Crippen LogP contribution in [0.1, 0.15) is 0 Å². The molecule has 1 aromatic heterocycles. The first-order valence-corrected chi connectivity index (χ1v) is 6.97. The topological polar surface area (TPSA) is 126 Å². The normalized spacial score (nSPS) is 10.6.